The number of carbonyl (C=O) groups excluding carboxylic acids is 1. The van der Waals surface area contributed by atoms with E-state index < -0.39 is 5.41 Å². The van der Waals surface area contributed by atoms with Gasteiger partial charge in [-0.15, -0.1) is 11.3 Å². The fourth-order valence-corrected chi connectivity index (χ4v) is 4.14. The smallest absolute Gasteiger partial charge is 0.236 e. The Kier molecular flexibility index (Phi) is 4.70. The SMILES string of the molecule is CCc1ccccc1-c1csc(NC(=O)C2(c3ccc(OC)cc3)CC2)n1. The zero-order valence-corrected chi connectivity index (χ0v) is 16.3. The predicted octanol–water partition coefficient (Wildman–Crippen LogP) is 5.05. The largest absolute Gasteiger partial charge is 0.497 e. The molecule has 1 N–H and O–H groups in total. The molecule has 0 bridgehead atoms. The third kappa shape index (κ3) is 3.35. The standard InChI is InChI=1S/C22H22N2O2S/c1-3-15-6-4-5-7-18(15)19-14-27-21(23-19)24-20(25)22(12-13-22)16-8-10-17(26-2)11-9-16/h4-11,14H,3,12-13H2,1-2H3,(H,23,24,25). The molecule has 138 valence electrons. The molecule has 1 heterocycles. The minimum Gasteiger partial charge on any atom is -0.497 e. The maximum absolute atomic E-state index is 12.9. The summed E-state index contributed by atoms with van der Waals surface area (Å²) in [6.07, 6.45) is 2.68. The van der Waals surface area contributed by atoms with Gasteiger partial charge < -0.3 is 10.1 Å². The van der Waals surface area contributed by atoms with Gasteiger partial charge in [-0.25, -0.2) is 4.98 Å². The number of rotatable bonds is 6. The summed E-state index contributed by atoms with van der Waals surface area (Å²) in [7, 11) is 1.64. The molecule has 0 saturated heterocycles. The molecule has 1 aliphatic carbocycles. The first kappa shape index (κ1) is 17.7. The molecule has 1 saturated carbocycles. The normalized spacial score (nSPS) is 14.6. The quantitative estimate of drug-likeness (QED) is 0.653. The monoisotopic (exact) mass is 378 g/mol. The van der Waals surface area contributed by atoms with Crippen LogP contribution in [0.2, 0.25) is 0 Å². The van der Waals surface area contributed by atoms with Gasteiger partial charge in [0.05, 0.1) is 18.2 Å². The van der Waals surface area contributed by atoms with Gasteiger partial charge in [0, 0.05) is 10.9 Å². The average molecular weight is 378 g/mol. The van der Waals surface area contributed by atoms with Crippen molar-refractivity contribution in [1.29, 1.82) is 0 Å². The number of aromatic nitrogens is 1. The van der Waals surface area contributed by atoms with Crippen molar-refractivity contribution in [3.8, 4) is 17.0 Å². The van der Waals surface area contributed by atoms with Crippen LogP contribution < -0.4 is 10.1 Å². The third-order valence-electron chi connectivity index (χ3n) is 5.23. The number of benzene rings is 2. The van der Waals surface area contributed by atoms with Gasteiger partial charge >= 0.3 is 0 Å². The van der Waals surface area contributed by atoms with Gasteiger partial charge in [-0.05, 0) is 42.5 Å². The summed E-state index contributed by atoms with van der Waals surface area (Å²) in [5.74, 6) is 0.825. The van der Waals surface area contributed by atoms with Crippen LogP contribution in [0.1, 0.15) is 30.9 Å². The fourth-order valence-electron chi connectivity index (χ4n) is 3.43. The van der Waals surface area contributed by atoms with E-state index >= 15 is 0 Å². The van der Waals surface area contributed by atoms with Crippen molar-refractivity contribution in [2.75, 3.05) is 12.4 Å². The van der Waals surface area contributed by atoms with Crippen LogP contribution in [0, 0.1) is 0 Å². The maximum Gasteiger partial charge on any atom is 0.236 e. The number of hydrogen-bond acceptors (Lipinski definition) is 4. The topological polar surface area (TPSA) is 51.2 Å². The molecule has 1 aliphatic rings. The summed E-state index contributed by atoms with van der Waals surface area (Å²) in [6.45, 7) is 2.14. The minimum absolute atomic E-state index is 0.0253. The first-order valence-corrected chi connectivity index (χ1v) is 10.0. The molecule has 0 unspecified atom stereocenters. The lowest BCUT2D eigenvalue weighted by Crippen LogP contribution is -2.27. The van der Waals surface area contributed by atoms with Crippen LogP contribution in [0.5, 0.6) is 5.75 Å². The summed E-state index contributed by atoms with van der Waals surface area (Å²) in [4.78, 5) is 17.6. The number of carbonyl (C=O) groups is 1. The van der Waals surface area contributed by atoms with Gasteiger partial charge in [-0.1, -0.05) is 43.3 Å². The van der Waals surface area contributed by atoms with Crippen molar-refractivity contribution >= 4 is 22.4 Å². The lowest BCUT2D eigenvalue weighted by Gasteiger charge is -2.15. The average Bonchev–Trinajstić information content (AvgIpc) is 3.41. The van der Waals surface area contributed by atoms with Crippen LogP contribution in [0.4, 0.5) is 5.13 Å². The first-order chi connectivity index (χ1) is 13.2. The van der Waals surface area contributed by atoms with Gasteiger partial charge in [0.15, 0.2) is 5.13 Å². The second kappa shape index (κ2) is 7.16. The number of methoxy groups -OCH3 is 1. The summed E-state index contributed by atoms with van der Waals surface area (Å²) >= 11 is 1.47. The highest BCUT2D eigenvalue weighted by molar-refractivity contribution is 7.14. The van der Waals surface area contributed by atoms with Gasteiger partial charge in [-0.2, -0.15) is 0 Å². The number of nitrogens with one attached hydrogen (secondary N) is 1. The van der Waals surface area contributed by atoms with Crippen molar-refractivity contribution in [3.63, 3.8) is 0 Å². The lowest BCUT2D eigenvalue weighted by molar-refractivity contribution is -0.118. The summed E-state index contributed by atoms with van der Waals surface area (Å²) in [6, 6.07) is 16.1. The Morgan fingerprint density at radius 2 is 1.93 bits per heavy atom. The molecule has 4 rings (SSSR count). The molecule has 3 aromatic rings. The summed E-state index contributed by atoms with van der Waals surface area (Å²) in [5.41, 5.74) is 3.92. The van der Waals surface area contributed by atoms with Gasteiger partial charge in [0.1, 0.15) is 5.75 Å². The molecule has 0 spiro atoms. The number of nitrogens with zero attached hydrogens (tertiary/aromatic N) is 1. The van der Waals surface area contributed by atoms with E-state index in [9.17, 15) is 4.79 Å². The number of ether oxygens (including phenoxy) is 1. The highest BCUT2D eigenvalue weighted by Gasteiger charge is 2.51. The lowest BCUT2D eigenvalue weighted by atomic mass is 9.95. The Morgan fingerprint density at radius 1 is 1.19 bits per heavy atom. The predicted molar refractivity (Wildman–Crippen MR) is 109 cm³/mol. The molecule has 1 fully saturated rings. The van der Waals surface area contributed by atoms with Crippen molar-refractivity contribution < 1.29 is 9.53 Å². The maximum atomic E-state index is 12.9. The Hall–Kier alpha value is -2.66. The molecule has 5 heteroatoms. The van der Waals surface area contributed by atoms with Crippen LogP contribution >= 0.6 is 11.3 Å². The Bertz CT molecular complexity index is 958. The van der Waals surface area contributed by atoms with Crippen molar-refractivity contribution in [2.45, 2.75) is 31.6 Å². The summed E-state index contributed by atoms with van der Waals surface area (Å²) in [5, 5.41) is 5.70. The molecule has 2 aromatic carbocycles. The van der Waals surface area contributed by atoms with Crippen LogP contribution in [0.3, 0.4) is 0 Å². The molecule has 4 nitrogen and oxygen atoms in total. The van der Waals surface area contributed by atoms with Gasteiger partial charge in [0.25, 0.3) is 0 Å². The van der Waals surface area contributed by atoms with Crippen LogP contribution in [0.25, 0.3) is 11.3 Å². The molecule has 27 heavy (non-hydrogen) atoms. The van der Waals surface area contributed by atoms with E-state index in [4.69, 9.17) is 4.74 Å². The van der Waals surface area contributed by atoms with E-state index in [2.05, 4.69) is 29.4 Å². The van der Waals surface area contributed by atoms with Crippen LogP contribution in [0.15, 0.2) is 53.9 Å². The van der Waals surface area contributed by atoms with Gasteiger partial charge in [0.2, 0.25) is 5.91 Å². The highest BCUT2D eigenvalue weighted by Crippen LogP contribution is 2.49. The Morgan fingerprint density at radius 3 is 2.59 bits per heavy atom. The number of anilines is 1. The number of aryl methyl sites for hydroxylation is 1. The van der Waals surface area contributed by atoms with Gasteiger partial charge in [-0.3, -0.25) is 4.79 Å². The molecule has 1 amide bonds. The molecule has 0 radical (unpaired) electrons. The minimum atomic E-state index is -0.431. The van der Waals surface area contributed by atoms with E-state index in [1.165, 1.54) is 16.9 Å². The molecular weight excluding hydrogens is 356 g/mol. The Labute approximate surface area is 163 Å². The first-order valence-electron chi connectivity index (χ1n) is 9.16. The molecule has 0 atom stereocenters. The number of thiazole rings is 1. The molecule has 0 aliphatic heterocycles. The summed E-state index contributed by atoms with van der Waals surface area (Å²) < 4.78 is 5.21. The van der Waals surface area contributed by atoms with Crippen molar-refractivity contribution in [3.05, 3.63) is 65.0 Å². The Balaban J connectivity index is 1.53. The van der Waals surface area contributed by atoms with Crippen molar-refractivity contribution in [1.82, 2.24) is 4.98 Å². The van der Waals surface area contributed by atoms with E-state index in [0.29, 0.717) is 5.13 Å². The zero-order valence-electron chi connectivity index (χ0n) is 15.5. The van der Waals surface area contributed by atoms with E-state index in [1.807, 2.05) is 41.8 Å². The highest BCUT2D eigenvalue weighted by atomic mass is 32.1. The van der Waals surface area contributed by atoms with E-state index in [-0.39, 0.29) is 5.91 Å². The zero-order chi connectivity index (χ0) is 18.9. The van der Waals surface area contributed by atoms with Crippen LogP contribution in [-0.2, 0) is 16.6 Å². The third-order valence-corrected chi connectivity index (χ3v) is 5.98. The van der Waals surface area contributed by atoms with Crippen molar-refractivity contribution in [2.24, 2.45) is 0 Å². The second-order valence-corrected chi connectivity index (χ2v) is 7.67. The second-order valence-electron chi connectivity index (χ2n) is 6.81. The van der Waals surface area contributed by atoms with E-state index in [0.717, 1.165) is 41.8 Å². The fraction of sp³-hybridized carbons (Fsp3) is 0.273. The molecule has 1 aromatic heterocycles. The number of amides is 1. The van der Waals surface area contributed by atoms with Crippen LogP contribution in [-0.4, -0.2) is 18.0 Å². The molecular formula is C22H22N2O2S. The van der Waals surface area contributed by atoms with E-state index in [1.54, 1.807) is 7.11 Å². The number of hydrogen-bond donors (Lipinski definition) is 1.